The summed E-state index contributed by atoms with van der Waals surface area (Å²) >= 11 is 0. The average Bonchev–Trinajstić information content (AvgIpc) is 3.34. The number of ether oxygens (including phenoxy) is 1. The number of amides is 1. The van der Waals surface area contributed by atoms with E-state index in [0.29, 0.717) is 29.5 Å². The number of carbonyl (C=O) groups is 1. The molecule has 1 unspecified atom stereocenters. The molecule has 4 rings (SSSR count). The molecule has 6 nitrogen and oxygen atoms in total. The zero-order valence-corrected chi connectivity index (χ0v) is 12.8. The van der Waals surface area contributed by atoms with Crippen molar-refractivity contribution in [2.75, 3.05) is 0 Å². The highest BCUT2D eigenvalue weighted by Gasteiger charge is 2.38. The van der Waals surface area contributed by atoms with Gasteiger partial charge < -0.3 is 10.5 Å². The number of hydrogen-bond donors (Lipinski definition) is 1. The van der Waals surface area contributed by atoms with Crippen LogP contribution in [0, 0.1) is 23.1 Å². The Morgan fingerprint density at radius 3 is 2.83 bits per heavy atom. The summed E-state index contributed by atoms with van der Waals surface area (Å²) in [6.45, 7) is 0.634. The summed E-state index contributed by atoms with van der Waals surface area (Å²) in [5, 5.41) is 13.1. The number of aromatic nitrogens is 2. The molecule has 2 aliphatic rings. The molecular weight excluding hydrogens is 311 g/mol. The van der Waals surface area contributed by atoms with Gasteiger partial charge in [0, 0.05) is 13.0 Å². The molecule has 0 spiro atoms. The highest BCUT2D eigenvalue weighted by molar-refractivity contribution is 5.99. The Hall–Kier alpha value is -2.88. The minimum absolute atomic E-state index is 0.0582. The van der Waals surface area contributed by atoms with Crippen LogP contribution in [0.15, 0.2) is 18.2 Å². The Morgan fingerprint density at radius 2 is 2.21 bits per heavy atom. The highest BCUT2D eigenvalue weighted by atomic mass is 19.1. The fraction of sp³-hybridized carbons (Fsp3) is 0.353. The SMILES string of the molecule is N#Cc1ccc(-c2c(C(N)=O)nn3c2OC(C2CC2)CC3)cc1F. The molecule has 2 N–H and O–H groups in total. The summed E-state index contributed by atoms with van der Waals surface area (Å²) in [5.74, 6) is -0.351. The monoisotopic (exact) mass is 326 g/mol. The lowest BCUT2D eigenvalue weighted by Crippen LogP contribution is -2.28. The van der Waals surface area contributed by atoms with Gasteiger partial charge in [0.25, 0.3) is 5.91 Å². The number of aryl methyl sites for hydroxylation is 1. The number of halogens is 1. The molecule has 122 valence electrons. The number of primary amides is 1. The van der Waals surface area contributed by atoms with Crippen molar-refractivity contribution in [1.82, 2.24) is 9.78 Å². The molecule has 0 saturated heterocycles. The van der Waals surface area contributed by atoms with E-state index in [4.69, 9.17) is 15.7 Å². The van der Waals surface area contributed by atoms with Gasteiger partial charge in [-0.25, -0.2) is 9.07 Å². The van der Waals surface area contributed by atoms with E-state index in [9.17, 15) is 9.18 Å². The Bertz CT molecular complexity index is 879. The van der Waals surface area contributed by atoms with Gasteiger partial charge in [-0.15, -0.1) is 0 Å². The van der Waals surface area contributed by atoms with Crippen LogP contribution in [0.2, 0.25) is 0 Å². The quantitative estimate of drug-likeness (QED) is 0.935. The Labute approximate surface area is 137 Å². The van der Waals surface area contributed by atoms with E-state index >= 15 is 0 Å². The van der Waals surface area contributed by atoms with Crippen molar-refractivity contribution in [2.24, 2.45) is 11.7 Å². The number of rotatable bonds is 3. The van der Waals surface area contributed by atoms with E-state index < -0.39 is 11.7 Å². The van der Waals surface area contributed by atoms with Gasteiger partial charge in [-0.05, 0) is 36.5 Å². The largest absolute Gasteiger partial charge is 0.474 e. The van der Waals surface area contributed by atoms with Crippen LogP contribution >= 0.6 is 0 Å². The first kappa shape index (κ1) is 14.7. The fourth-order valence-electron chi connectivity index (χ4n) is 3.16. The summed E-state index contributed by atoms with van der Waals surface area (Å²) in [4.78, 5) is 11.8. The molecule has 1 atom stereocenters. The average molecular weight is 326 g/mol. The first-order valence-corrected chi connectivity index (χ1v) is 7.85. The van der Waals surface area contributed by atoms with Crippen molar-refractivity contribution in [2.45, 2.75) is 31.9 Å². The topological polar surface area (TPSA) is 93.9 Å². The number of nitriles is 1. The van der Waals surface area contributed by atoms with Crippen molar-refractivity contribution >= 4 is 5.91 Å². The summed E-state index contributed by atoms with van der Waals surface area (Å²) in [5.41, 5.74) is 6.28. The minimum Gasteiger partial charge on any atom is -0.474 e. The van der Waals surface area contributed by atoms with E-state index in [1.807, 2.05) is 0 Å². The molecular formula is C17H15FN4O2. The second-order valence-electron chi connectivity index (χ2n) is 6.20. The standard InChI is InChI=1S/C17H15FN4O2/c18-12-7-10(3-4-11(12)8-19)14-15(16(20)23)21-22-6-5-13(9-1-2-9)24-17(14)22/h3-4,7,9,13H,1-2,5-6H2,(H2,20,23). The molecule has 1 saturated carbocycles. The van der Waals surface area contributed by atoms with Gasteiger partial charge in [-0.2, -0.15) is 10.4 Å². The molecule has 24 heavy (non-hydrogen) atoms. The zero-order chi connectivity index (χ0) is 16.8. The molecule has 1 fully saturated rings. The molecule has 1 aliphatic heterocycles. The molecule has 7 heteroatoms. The number of benzene rings is 1. The molecule has 1 aromatic carbocycles. The van der Waals surface area contributed by atoms with Gasteiger partial charge in [0.15, 0.2) is 5.69 Å². The van der Waals surface area contributed by atoms with Crippen LogP contribution in [0.5, 0.6) is 5.88 Å². The van der Waals surface area contributed by atoms with Crippen molar-refractivity contribution in [1.29, 1.82) is 5.26 Å². The van der Waals surface area contributed by atoms with E-state index in [0.717, 1.165) is 19.3 Å². The van der Waals surface area contributed by atoms with Gasteiger partial charge in [-0.3, -0.25) is 4.79 Å². The first-order chi connectivity index (χ1) is 11.6. The maximum atomic E-state index is 14.0. The van der Waals surface area contributed by atoms with Gasteiger partial charge in [0.05, 0.1) is 11.1 Å². The number of nitrogens with two attached hydrogens (primary N) is 1. The Morgan fingerprint density at radius 1 is 1.42 bits per heavy atom. The van der Waals surface area contributed by atoms with E-state index in [2.05, 4.69) is 5.10 Å². The third-order valence-corrected chi connectivity index (χ3v) is 4.55. The lowest BCUT2D eigenvalue weighted by molar-refractivity contribution is 0.0994. The van der Waals surface area contributed by atoms with Crippen LogP contribution in [-0.4, -0.2) is 21.8 Å². The second kappa shape index (κ2) is 5.34. The number of carbonyl (C=O) groups excluding carboxylic acids is 1. The molecule has 1 aliphatic carbocycles. The smallest absolute Gasteiger partial charge is 0.270 e. The predicted octanol–water partition coefficient (Wildman–Crippen LogP) is 2.22. The maximum absolute atomic E-state index is 14.0. The van der Waals surface area contributed by atoms with Crippen molar-refractivity contribution in [3.05, 3.63) is 35.3 Å². The number of fused-ring (bicyclic) bond motifs is 1. The van der Waals surface area contributed by atoms with Gasteiger partial charge in [0.2, 0.25) is 5.88 Å². The zero-order valence-electron chi connectivity index (χ0n) is 12.8. The van der Waals surface area contributed by atoms with Crippen molar-refractivity contribution in [3.8, 4) is 23.1 Å². The van der Waals surface area contributed by atoms with Crippen LogP contribution in [0.25, 0.3) is 11.1 Å². The maximum Gasteiger partial charge on any atom is 0.270 e. The highest BCUT2D eigenvalue weighted by Crippen LogP contribution is 2.43. The summed E-state index contributed by atoms with van der Waals surface area (Å²) in [6, 6.07) is 5.95. The summed E-state index contributed by atoms with van der Waals surface area (Å²) in [6.07, 6.45) is 3.21. The van der Waals surface area contributed by atoms with Crippen LogP contribution in [0.3, 0.4) is 0 Å². The van der Waals surface area contributed by atoms with Crippen LogP contribution < -0.4 is 10.5 Å². The van der Waals surface area contributed by atoms with Crippen molar-refractivity contribution < 1.29 is 13.9 Å². The van der Waals surface area contributed by atoms with Gasteiger partial charge in [0.1, 0.15) is 18.0 Å². The molecule has 2 heterocycles. The Balaban J connectivity index is 1.84. The Kier molecular flexibility index (Phi) is 3.27. The third kappa shape index (κ3) is 2.31. The van der Waals surface area contributed by atoms with Crippen LogP contribution in [0.1, 0.15) is 35.3 Å². The van der Waals surface area contributed by atoms with E-state index in [-0.39, 0.29) is 17.4 Å². The molecule has 0 radical (unpaired) electrons. The minimum atomic E-state index is -0.691. The van der Waals surface area contributed by atoms with Gasteiger partial charge in [-0.1, -0.05) is 6.07 Å². The molecule has 0 bridgehead atoms. The van der Waals surface area contributed by atoms with Crippen LogP contribution in [0.4, 0.5) is 4.39 Å². The first-order valence-electron chi connectivity index (χ1n) is 7.85. The second-order valence-corrected chi connectivity index (χ2v) is 6.20. The predicted molar refractivity (Wildman–Crippen MR) is 82.6 cm³/mol. The van der Waals surface area contributed by atoms with Crippen LogP contribution in [-0.2, 0) is 6.54 Å². The molecule has 1 amide bonds. The number of nitrogens with zero attached hydrogens (tertiary/aromatic N) is 3. The number of hydrogen-bond acceptors (Lipinski definition) is 4. The fourth-order valence-corrected chi connectivity index (χ4v) is 3.16. The lowest BCUT2D eigenvalue weighted by Gasteiger charge is -2.25. The molecule has 2 aromatic rings. The van der Waals surface area contributed by atoms with Crippen molar-refractivity contribution in [3.63, 3.8) is 0 Å². The third-order valence-electron chi connectivity index (χ3n) is 4.55. The summed E-state index contributed by atoms with van der Waals surface area (Å²) < 4.78 is 21.7. The normalized spacial score (nSPS) is 19.2. The van der Waals surface area contributed by atoms with E-state index in [1.54, 1.807) is 16.8 Å². The summed E-state index contributed by atoms with van der Waals surface area (Å²) in [7, 11) is 0. The lowest BCUT2D eigenvalue weighted by atomic mass is 10.0. The van der Waals surface area contributed by atoms with E-state index in [1.165, 1.54) is 12.1 Å². The molecule has 1 aromatic heterocycles. The van der Waals surface area contributed by atoms with Gasteiger partial charge >= 0.3 is 0 Å².